The number of benzene rings is 2. The minimum Gasteiger partial charge on any atom is -0.372 e. The lowest BCUT2D eigenvalue weighted by Gasteiger charge is -2.23. The molecule has 1 aliphatic rings. The van der Waals surface area contributed by atoms with E-state index in [4.69, 9.17) is 11.6 Å². The van der Waals surface area contributed by atoms with Gasteiger partial charge in [0.05, 0.1) is 4.90 Å². The molecule has 0 radical (unpaired) electrons. The van der Waals surface area contributed by atoms with Crippen molar-refractivity contribution in [2.75, 3.05) is 5.32 Å². The normalized spacial score (nSPS) is 20.0. The number of nitrogens with one attached hydrogen (secondary N) is 2. The van der Waals surface area contributed by atoms with Gasteiger partial charge in [-0.2, -0.15) is 0 Å². The van der Waals surface area contributed by atoms with Crippen molar-refractivity contribution in [3.63, 3.8) is 0 Å². The van der Waals surface area contributed by atoms with Gasteiger partial charge in [-0.1, -0.05) is 29.8 Å². The summed E-state index contributed by atoms with van der Waals surface area (Å²) in [5.74, 6) is -0.613. The summed E-state index contributed by atoms with van der Waals surface area (Å²) < 4.78 is 27.3. The Bertz CT molecular complexity index is 981. The molecule has 138 valence electrons. The van der Waals surface area contributed by atoms with Gasteiger partial charge in [0.2, 0.25) is 10.0 Å². The van der Waals surface area contributed by atoms with Crippen molar-refractivity contribution >= 4 is 33.2 Å². The Balaban J connectivity index is 2.01. The van der Waals surface area contributed by atoms with E-state index in [1.165, 1.54) is 24.3 Å². The highest BCUT2D eigenvalue weighted by Crippen LogP contribution is 2.42. The van der Waals surface area contributed by atoms with Crippen molar-refractivity contribution in [2.24, 2.45) is 0 Å². The first-order chi connectivity index (χ1) is 11.9. The minimum absolute atomic E-state index is 0.0505. The molecule has 1 atom stereocenters. The summed E-state index contributed by atoms with van der Waals surface area (Å²) in [6, 6.07) is 10.3. The Morgan fingerprint density at radius 2 is 1.73 bits per heavy atom. The predicted molar refractivity (Wildman–Crippen MR) is 99.6 cm³/mol. The van der Waals surface area contributed by atoms with Crippen LogP contribution in [-0.2, 0) is 20.4 Å². The van der Waals surface area contributed by atoms with Gasteiger partial charge < -0.3 is 10.4 Å². The molecule has 0 saturated carbocycles. The van der Waals surface area contributed by atoms with E-state index in [1.54, 1.807) is 39.0 Å². The molecule has 0 spiro atoms. The first-order valence-electron chi connectivity index (χ1n) is 7.92. The molecule has 1 aliphatic heterocycles. The first-order valence-corrected chi connectivity index (χ1v) is 9.78. The molecule has 0 saturated heterocycles. The summed E-state index contributed by atoms with van der Waals surface area (Å²) in [5, 5.41) is 14.1. The van der Waals surface area contributed by atoms with Gasteiger partial charge >= 0.3 is 0 Å². The summed E-state index contributed by atoms with van der Waals surface area (Å²) >= 11 is 5.93. The second-order valence-electron chi connectivity index (χ2n) is 7.23. The van der Waals surface area contributed by atoms with Crippen LogP contribution in [0.15, 0.2) is 47.4 Å². The quantitative estimate of drug-likeness (QED) is 0.745. The lowest BCUT2D eigenvalue weighted by molar-refractivity contribution is -0.129. The lowest BCUT2D eigenvalue weighted by Crippen LogP contribution is -2.40. The zero-order valence-corrected chi connectivity index (χ0v) is 16.1. The summed E-state index contributed by atoms with van der Waals surface area (Å²) in [6.45, 7) is 5.23. The highest BCUT2D eigenvalue weighted by atomic mass is 35.5. The van der Waals surface area contributed by atoms with Crippen LogP contribution in [0.4, 0.5) is 5.69 Å². The number of sulfonamides is 1. The van der Waals surface area contributed by atoms with E-state index in [1.807, 2.05) is 0 Å². The minimum atomic E-state index is -3.71. The van der Waals surface area contributed by atoms with Crippen molar-refractivity contribution in [2.45, 2.75) is 36.8 Å². The van der Waals surface area contributed by atoms with Crippen LogP contribution in [0.5, 0.6) is 0 Å². The molecule has 1 amide bonds. The van der Waals surface area contributed by atoms with E-state index in [0.29, 0.717) is 16.3 Å². The maximum Gasteiger partial charge on any atom is 0.265 e. The van der Waals surface area contributed by atoms with E-state index in [-0.39, 0.29) is 10.5 Å². The van der Waals surface area contributed by atoms with Crippen LogP contribution in [0.25, 0.3) is 0 Å². The second-order valence-corrected chi connectivity index (χ2v) is 9.35. The highest BCUT2D eigenvalue weighted by molar-refractivity contribution is 7.89. The van der Waals surface area contributed by atoms with Crippen LogP contribution in [0.2, 0.25) is 5.02 Å². The second kappa shape index (κ2) is 6.06. The van der Waals surface area contributed by atoms with Gasteiger partial charge in [0.15, 0.2) is 5.60 Å². The number of aliphatic hydroxyl groups is 1. The lowest BCUT2D eigenvalue weighted by atomic mass is 9.88. The number of halogens is 1. The third-order valence-electron chi connectivity index (χ3n) is 3.97. The number of hydrogen-bond donors (Lipinski definition) is 3. The molecule has 0 aliphatic carbocycles. The van der Waals surface area contributed by atoms with Crippen LogP contribution in [0.3, 0.4) is 0 Å². The molecule has 3 rings (SSSR count). The number of carbonyl (C=O) groups is 1. The molecule has 0 aromatic heterocycles. The van der Waals surface area contributed by atoms with E-state index in [0.717, 1.165) is 0 Å². The zero-order chi connectivity index (χ0) is 19.3. The van der Waals surface area contributed by atoms with E-state index >= 15 is 0 Å². The molecule has 2 aromatic carbocycles. The fourth-order valence-electron chi connectivity index (χ4n) is 2.89. The molecular formula is C18H19ClN2O4S. The molecule has 0 bridgehead atoms. The first kappa shape index (κ1) is 18.8. The van der Waals surface area contributed by atoms with Gasteiger partial charge in [-0.3, -0.25) is 4.79 Å². The molecular weight excluding hydrogens is 376 g/mol. The molecule has 26 heavy (non-hydrogen) atoms. The topological polar surface area (TPSA) is 95.5 Å². The number of anilines is 1. The van der Waals surface area contributed by atoms with Crippen molar-refractivity contribution in [3.8, 4) is 0 Å². The van der Waals surface area contributed by atoms with Gasteiger partial charge in [0.25, 0.3) is 5.91 Å². The Morgan fingerprint density at radius 1 is 1.12 bits per heavy atom. The van der Waals surface area contributed by atoms with Crippen molar-refractivity contribution < 1.29 is 18.3 Å². The maximum absolute atomic E-state index is 12.4. The smallest absolute Gasteiger partial charge is 0.265 e. The molecule has 1 unspecified atom stereocenters. The molecule has 2 aromatic rings. The number of amides is 1. The Hall–Kier alpha value is -1.93. The van der Waals surface area contributed by atoms with Gasteiger partial charge in [0, 0.05) is 21.8 Å². The zero-order valence-electron chi connectivity index (χ0n) is 14.5. The molecule has 3 N–H and O–H groups in total. The van der Waals surface area contributed by atoms with E-state index in [2.05, 4.69) is 10.0 Å². The Labute approximate surface area is 157 Å². The standard InChI is InChI=1S/C18H19ClN2O4S/c1-17(2,3)21-26(24,25)13-7-4-11(5-8-13)18(23)14-9-6-12(19)10-15(14)20-16(18)22/h4-10,21,23H,1-3H3,(H,20,22). The molecule has 0 fully saturated rings. The number of fused-ring (bicyclic) bond motifs is 1. The van der Waals surface area contributed by atoms with Crippen molar-refractivity contribution in [1.29, 1.82) is 0 Å². The Morgan fingerprint density at radius 3 is 2.31 bits per heavy atom. The largest absolute Gasteiger partial charge is 0.372 e. The van der Waals surface area contributed by atoms with E-state index in [9.17, 15) is 18.3 Å². The third-order valence-corrected chi connectivity index (χ3v) is 5.98. The van der Waals surface area contributed by atoms with Crippen LogP contribution in [0, 0.1) is 0 Å². The average Bonchev–Trinajstić information content (AvgIpc) is 2.76. The summed E-state index contributed by atoms with van der Waals surface area (Å²) in [7, 11) is -3.71. The Kier molecular flexibility index (Phi) is 4.39. The van der Waals surface area contributed by atoms with Crippen LogP contribution in [0.1, 0.15) is 31.9 Å². The van der Waals surface area contributed by atoms with Crippen LogP contribution in [-0.4, -0.2) is 25.0 Å². The van der Waals surface area contributed by atoms with E-state index < -0.39 is 27.1 Å². The summed E-state index contributed by atoms with van der Waals surface area (Å²) in [6.07, 6.45) is 0. The maximum atomic E-state index is 12.4. The van der Waals surface area contributed by atoms with Gasteiger partial charge in [-0.15, -0.1) is 0 Å². The number of rotatable bonds is 3. The number of hydrogen-bond acceptors (Lipinski definition) is 4. The number of carbonyl (C=O) groups excluding carboxylic acids is 1. The fraction of sp³-hybridized carbons (Fsp3) is 0.278. The molecule has 1 heterocycles. The predicted octanol–water partition coefficient (Wildman–Crippen LogP) is 2.60. The van der Waals surface area contributed by atoms with Crippen LogP contribution < -0.4 is 10.0 Å². The summed E-state index contributed by atoms with van der Waals surface area (Å²) in [4.78, 5) is 12.4. The van der Waals surface area contributed by atoms with Gasteiger partial charge in [0.1, 0.15) is 0 Å². The average molecular weight is 395 g/mol. The van der Waals surface area contributed by atoms with Crippen LogP contribution >= 0.6 is 11.6 Å². The highest BCUT2D eigenvalue weighted by Gasteiger charge is 2.46. The molecule has 8 heteroatoms. The SMILES string of the molecule is CC(C)(C)NS(=O)(=O)c1ccc(C2(O)C(=O)Nc3cc(Cl)ccc32)cc1. The van der Waals surface area contributed by atoms with Gasteiger partial charge in [-0.05, 0) is 50.6 Å². The summed E-state index contributed by atoms with van der Waals surface area (Å²) in [5.41, 5.74) is -1.46. The van der Waals surface area contributed by atoms with Gasteiger partial charge in [-0.25, -0.2) is 13.1 Å². The molecule has 6 nitrogen and oxygen atoms in total. The van der Waals surface area contributed by atoms with Crippen molar-refractivity contribution in [3.05, 3.63) is 58.6 Å². The monoisotopic (exact) mass is 394 g/mol. The third kappa shape index (κ3) is 3.23. The fourth-order valence-corrected chi connectivity index (χ4v) is 4.48. The van der Waals surface area contributed by atoms with Crippen molar-refractivity contribution in [1.82, 2.24) is 4.72 Å².